The van der Waals surface area contributed by atoms with E-state index in [1.807, 2.05) is 0 Å². The Morgan fingerprint density at radius 2 is 2.13 bits per heavy atom. The van der Waals surface area contributed by atoms with Gasteiger partial charge in [-0.15, -0.1) is 0 Å². The van der Waals surface area contributed by atoms with Gasteiger partial charge < -0.3 is 5.32 Å². The van der Waals surface area contributed by atoms with Crippen molar-refractivity contribution in [3.63, 3.8) is 0 Å². The third-order valence-electron chi connectivity index (χ3n) is 3.25. The van der Waals surface area contributed by atoms with Gasteiger partial charge in [-0.1, -0.05) is 18.2 Å². The molecule has 2 rings (SSSR count). The minimum absolute atomic E-state index is 0.177. The normalized spacial score (nSPS) is 25.1. The number of aryl methyl sites for hydroxylation is 2. The third-order valence-corrected chi connectivity index (χ3v) is 3.25. The molecule has 1 aliphatic heterocycles. The molecule has 78 valence electrons. The quantitative estimate of drug-likeness (QED) is 0.756. The second-order valence-corrected chi connectivity index (χ2v) is 4.37. The molecule has 1 aromatic rings. The maximum atomic E-state index is 8.84. The summed E-state index contributed by atoms with van der Waals surface area (Å²) in [6.45, 7) is 5.09. The maximum Gasteiger partial charge on any atom is 0.0669 e. The molecule has 1 saturated heterocycles. The van der Waals surface area contributed by atoms with Gasteiger partial charge in [0.15, 0.2) is 0 Å². The lowest BCUT2D eigenvalue weighted by molar-refractivity contribution is 0.638. The zero-order chi connectivity index (χ0) is 10.8. The third kappa shape index (κ3) is 2.03. The van der Waals surface area contributed by atoms with Gasteiger partial charge in [0.05, 0.1) is 12.0 Å². The molecule has 0 saturated carbocycles. The maximum absolute atomic E-state index is 8.84. The van der Waals surface area contributed by atoms with Gasteiger partial charge in [0.2, 0.25) is 0 Å². The summed E-state index contributed by atoms with van der Waals surface area (Å²) >= 11 is 0. The average molecular weight is 200 g/mol. The largest absolute Gasteiger partial charge is 0.309 e. The van der Waals surface area contributed by atoms with E-state index in [0.29, 0.717) is 6.04 Å². The van der Waals surface area contributed by atoms with E-state index in [0.717, 1.165) is 13.0 Å². The number of hydrogen-bond donors (Lipinski definition) is 1. The zero-order valence-corrected chi connectivity index (χ0v) is 9.25. The molecule has 2 heteroatoms. The van der Waals surface area contributed by atoms with Crippen molar-refractivity contribution in [3.05, 3.63) is 34.9 Å². The summed E-state index contributed by atoms with van der Waals surface area (Å²) in [6.07, 6.45) is 0.943. The molecule has 0 spiro atoms. The van der Waals surface area contributed by atoms with Gasteiger partial charge in [0, 0.05) is 12.6 Å². The molecule has 1 N–H and O–H groups in total. The van der Waals surface area contributed by atoms with Crippen LogP contribution in [0, 0.1) is 31.1 Å². The Morgan fingerprint density at radius 1 is 1.33 bits per heavy atom. The molecule has 2 atom stereocenters. The molecular weight excluding hydrogens is 184 g/mol. The van der Waals surface area contributed by atoms with Crippen LogP contribution in [0.5, 0.6) is 0 Å². The molecule has 2 unspecified atom stereocenters. The summed E-state index contributed by atoms with van der Waals surface area (Å²) in [5.41, 5.74) is 3.97. The molecule has 1 heterocycles. The van der Waals surface area contributed by atoms with Gasteiger partial charge in [0.1, 0.15) is 0 Å². The number of rotatable bonds is 1. The molecule has 0 amide bonds. The van der Waals surface area contributed by atoms with Gasteiger partial charge >= 0.3 is 0 Å². The van der Waals surface area contributed by atoms with Crippen LogP contribution < -0.4 is 5.32 Å². The summed E-state index contributed by atoms with van der Waals surface area (Å²) in [5, 5.41) is 12.2. The van der Waals surface area contributed by atoms with Gasteiger partial charge in [-0.2, -0.15) is 5.26 Å². The highest BCUT2D eigenvalue weighted by Crippen LogP contribution is 2.27. The van der Waals surface area contributed by atoms with E-state index in [9.17, 15) is 0 Å². The van der Waals surface area contributed by atoms with E-state index in [1.54, 1.807) is 0 Å². The summed E-state index contributed by atoms with van der Waals surface area (Å²) in [5.74, 6) is 0.177. The van der Waals surface area contributed by atoms with E-state index in [2.05, 4.69) is 43.4 Å². The van der Waals surface area contributed by atoms with Crippen LogP contribution in [0.2, 0.25) is 0 Å². The number of nitriles is 1. The highest BCUT2D eigenvalue weighted by atomic mass is 14.9. The first-order valence-corrected chi connectivity index (χ1v) is 5.41. The van der Waals surface area contributed by atoms with Crippen molar-refractivity contribution in [2.45, 2.75) is 26.3 Å². The van der Waals surface area contributed by atoms with Crippen LogP contribution in [0.4, 0.5) is 0 Å². The average Bonchev–Trinajstić information content (AvgIpc) is 2.70. The van der Waals surface area contributed by atoms with Gasteiger partial charge in [-0.3, -0.25) is 0 Å². The van der Waals surface area contributed by atoms with E-state index < -0.39 is 0 Å². The van der Waals surface area contributed by atoms with E-state index in [-0.39, 0.29) is 5.92 Å². The number of nitrogens with one attached hydrogen (secondary N) is 1. The molecule has 0 aliphatic carbocycles. The highest BCUT2D eigenvalue weighted by molar-refractivity contribution is 5.32. The molecule has 0 bridgehead atoms. The van der Waals surface area contributed by atoms with E-state index >= 15 is 0 Å². The molecule has 0 radical (unpaired) electrons. The van der Waals surface area contributed by atoms with Gasteiger partial charge in [0.25, 0.3) is 0 Å². The Morgan fingerprint density at radius 3 is 2.73 bits per heavy atom. The lowest BCUT2D eigenvalue weighted by Gasteiger charge is -2.12. The van der Waals surface area contributed by atoms with E-state index in [4.69, 9.17) is 5.26 Å². The van der Waals surface area contributed by atoms with Crippen LogP contribution >= 0.6 is 0 Å². The molecule has 1 fully saturated rings. The first-order chi connectivity index (χ1) is 7.20. The predicted molar refractivity (Wildman–Crippen MR) is 60.4 cm³/mol. The predicted octanol–water partition coefficient (Wildman–Crippen LogP) is 2.48. The van der Waals surface area contributed by atoms with Crippen molar-refractivity contribution in [1.82, 2.24) is 5.32 Å². The van der Waals surface area contributed by atoms with Crippen molar-refractivity contribution < 1.29 is 0 Å². The number of nitrogens with zero attached hydrogens (tertiary/aromatic N) is 1. The molecular formula is C13H16N2. The van der Waals surface area contributed by atoms with Crippen molar-refractivity contribution in [2.24, 2.45) is 5.92 Å². The fourth-order valence-electron chi connectivity index (χ4n) is 2.07. The van der Waals surface area contributed by atoms with Crippen LogP contribution in [0.3, 0.4) is 0 Å². The second kappa shape index (κ2) is 4.04. The lowest BCUT2D eigenvalue weighted by atomic mass is 9.98. The van der Waals surface area contributed by atoms with Crippen LogP contribution in [-0.2, 0) is 0 Å². The fourth-order valence-corrected chi connectivity index (χ4v) is 2.07. The molecule has 0 aromatic heterocycles. The summed E-state index contributed by atoms with van der Waals surface area (Å²) in [7, 11) is 0. The summed E-state index contributed by atoms with van der Waals surface area (Å²) in [6, 6.07) is 9.25. The topological polar surface area (TPSA) is 35.8 Å². The zero-order valence-electron chi connectivity index (χ0n) is 9.25. The van der Waals surface area contributed by atoms with Crippen LogP contribution in [-0.4, -0.2) is 6.54 Å². The first kappa shape index (κ1) is 10.2. The molecule has 1 aliphatic rings. The van der Waals surface area contributed by atoms with Crippen molar-refractivity contribution in [3.8, 4) is 6.07 Å². The Balaban J connectivity index is 2.18. The fraction of sp³-hybridized carbons (Fsp3) is 0.462. The molecule has 15 heavy (non-hydrogen) atoms. The Bertz CT molecular complexity index is 403. The second-order valence-electron chi connectivity index (χ2n) is 4.37. The SMILES string of the molecule is Cc1ccc(C2CC(C#N)CN2)cc1C. The monoisotopic (exact) mass is 200 g/mol. The van der Waals surface area contributed by atoms with E-state index in [1.165, 1.54) is 16.7 Å². The Hall–Kier alpha value is -1.33. The Kier molecular flexibility index (Phi) is 2.75. The first-order valence-electron chi connectivity index (χ1n) is 5.41. The minimum Gasteiger partial charge on any atom is -0.309 e. The molecule has 1 aromatic carbocycles. The smallest absolute Gasteiger partial charge is 0.0669 e. The van der Waals surface area contributed by atoms with Gasteiger partial charge in [-0.25, -0.2) is 0 Å². The Labute approximate surface area is 90.9 Å². The van der Waals surface area contributed by atoms with Crippen LogP contribution in [0.1, 0.15) is 29.2 Å². The summed E-state index contributed by atoms with van der Waals surface area (Å²) < 4.78 is 0. The number of hydrogen-bond acceptors (Lipinski definition) is 2. The lowest BCUT2D eigenvalue weighted by Crippen LogP contribution is -2.13. The summed E-state index contributed by atoms with van der Waals surface area (Å²) in [4.78, 5) is 0. The number of benzene rings is 1. The van der Waals surface area contributed by atoms with Crippen LogP contribution in [0.25, 0.3) is 0 Å². The van der Waals surface area contributed by atoms with Crippen molar-refractivity contribution in [2.75, 3.05) is 6.54 Å². The van der Waals surface area contributed by atoms with Crippen LogP contribution in [0.15, 0.2) is 18.2 Å². The molecule has 2 nitrogen and oxygen atoms in total. The van der Waals surface area contributed by atoms with Crippen molar-refractivity contribution >= 4 is 0 Å². The van der Waals surface area contributed by atoms with Crippen molar-refractivity contribution in [1.29, 1.82) is 5.26 Å². The minimum atomic E-state index is 0.177. The highest BCUT2D eigenvalue weighted by Gasteiger charge is 2.24. The van der Waals surface area contributed by atoms with Gasteiger partial charge in [-0.05, 0) is 37.0 Å². The standard InChI is InChI=1S/C13H16N2/c1-9-3-4-12(5-10(9)2)13-6-11(7-14)8-15-13/h3-5,11,13,15H,6,8H2,1-2H3.